The third-order valence-electron chi connectivity index (χ3n) is 3.33. The van der Waals surface area contributed by atoms with E-state index in [1.54, 1.807) is 19.1 Å². The van der Waals surface area contributed by atoms with Gasteiger partial charge in [0.05, 0.1) is 11.5 Å². The van der Waals surface area contributed by atoms with E-state index in [1.807, 2.05) is 0 Å². The molecule has 0 bridgehead atoms. The molecule has 0 aliphatic carbocycles. The van der Waals surface area contributed by atoms with Crippen molar-refractivity contribution in [2.75, 3.05) is 13.2 Å². The molecule has 0 amide bonds. The highest BCUT2D eigenvalue weighted by Gasteiger charge is 2.27. The molecular formula is C17H17BrFNO4S. The van der Waals surface area contributed by atoms with Crippen molar-refractivity contribution >= 4 is 31.9 Å². The Hall–Kier alpha value is -1.77. The van der Waals surface area contributed by atoms with Crippen molar-refractivity contribution in [3.05, 3.63) is 64.4 Å². The average molecular weight is 430 g/mol. The topological polar surface area (TPSA) is 63.7 Å². The summed E-state index contributed by atoms with van der Waals surface area (Å²) in [7, 11) is -3.92. The van der Waals surface area contributed by atoms with E-state index in [2.05, 4.69) is 15.9 Å². The van der Waals surface area contributed by atoms with Crippen LogP contribution in [0.5, 0.6) is 0 Å². The molecule has 2 aromatic carbocycles. The monoisotopic (exact) mass is 429 g/mol. The Bertz CT molecular complexity index is 823. The molecule has 0 N–H and O–H groups in total. The lowest BCUT2D eigenvalue weighted by atomic mass is 10.2. The summed E-state index contributed by atoms with van der Waals surface area (Å²) < 4.78 is 45.4. The van der Waals surface area contributed by atoms with Gasteiger partial charge in [-0.15, -0.1) is 0 Å². The Morgan fingerprint density at radius 3 is 2.28 bits per heavy atom. The Kier molecular flexibility index (Phi) is 6.69. The zero-order chi connectivity index (χ0) is 18.4. The summed E-state index contributed by atoms with van der Waals surface area (Å²) in [6.45, 7) is 1.30. The molecule has 0 aliphatic heterocycles. The fraction of sp³-hybridized carbons (Fsp3) is 0.235. The van der Waals surface area contributed by atoms with Crippen LogP contribution in [0.2, 0.25) is 0 Å². The first-order valence-corrected chi connectivity index (χ1v) is 9.72. The second kappa shape index (κ2) is 8.55. The van der Waals surface area contributed by atoms with Crippen LogP contribution in [0.25, 0.3) is 0 Å². The van der Waals surface area contributed by atoms with Crippen molar-refractivity contribution in [3.8, 4) is 0 Å². The van der Waals surface area contributed by atoms with Gasteiger partial charge in [0.1, 0.15) is 12.4 Å². The van der Waals surface area contributed by atoms with E-state index in [0.717, 1.165) is 8.78 Å². The Morgan fingerprint density at radius 2 is 1.72 bits per heavy atom. The molecule has 2 rings (SSSR count). The summed E-state index contributed by atoms with van der Waals surface area (Å²) in [4.78, 5) is 11.9. The van der Waals surface area contributed by atoms with Gasteiger partial charge in [-0.1, -0.05) is 28.1 Å². The van der Waals surface area contributed by atoms with Gasteiger partial charge in [-0.25, -0.2) is 12.8 Å². The van der Waals surface area contributed by atoms with Gasteiger partial charge < -0.3 is 4.74 Å². The Labute approximate surface area is 154 Å². The van der Waals surface area contributed by atoms with Crippen LogP contribution in [0, 0.1) is 5.82 Å². The van der Waals surface area contributed by atoms with Crippen LogP contribution >= 0.6 is 15.9 Å². The lowest BCUT2D eigenvalue weighted by Crippen LogP contribution is -2.36. The molecule has 5 nitrogen and oxygen atoms in total. The molecule has 2 aromatic rings. The third-order valence-corrected chi connectivity index (χ3v) is 5.67. The van der Waals surface area contributed by atoms with Crippen molar-refractivity contribution in [1.29, 1.82) is 0 Å². The Balaban J connectivity index is 2.33. The van der Waals surface area contributed by atoms with Crippen molar-refractivity contribution in [2.24, 2.45) is 0 Å². The number of halogens is 2. The molecule has 8 heteroatoms. The van der Waals surface area contributed by atoms with E-state index in [0.29, 0.717) is 5.56 Å². The molecule has 0 fully saturated rings. The van der Waals surface area contributed by atoms with E-state index in [9.17, 15) is 17.6 Å². The minimum absolute atomic E-state index is 0.0575. The van der Waals surface area contributed by atoms with Gasteiger partial charge in [0.15, 0.2) is 0 Å². The number of benzene rings is 2. The fourth-order valence-corrected chi connectivity index (χ4v) is 3.76. The van der Waals surface area contributed by atoms with Crippen LogP contribution < -0.4 is 0 Å². The zero-order valence-electron chi connectivity index (χ0n) is 13.5. The number of hydrogen-bond donors (Lipinski definition) is 0. The van der Waals surface area contributed by atoms with Gasteiger partial charge in [0.25, 0.3) is 0 Å². The molecule has 0 aromatic heterocycles. The number of carbonyl (C=O) groups is 1. The van der Waals surface area contributed by atoms with E-state index in [4.69, 9.17) is 4.74 Å². The van der Waals surface area contributed by atoms with Gasteiger partial charge in [0.2, 0.25) is 10.0 Å². The van der Waals surface area contributed by atoms with Crippen molar-refractivity contribution in [2.45, 2.75) is 18.4 Å². The van der Waals surface area contributed by atoms with Crippen LogP contribution in [0.15, 0.2) is 57.9 Å². The van der Waals surface area contributed by atoms with Crippen LogP contribution in [0.3, 0.4) is 0 Å². The summed E-state index contributed by atoms with van der Waals surface area (Å²) >= 11 is 3.25. The van der Waals surface area contributed by atoms with E-state index in [-0.39, 0.29) is 18.0 Å². The maximum atomic E-state index is 13.1. The number of rotatable bonds is 7. The van der Waals surface area contributed by atoms with E-state index in [1.165, 1.54) is 36.4 Å². The number of ether oxygens (including phenoxy) is 1. The number of nitrogens with zero attached hydrogens (tertiary/aromatic N) is 1. The van der Waals surface area contributed by atoms with Crippen molar-refractivity contribution in [3.63, 3.8) is 0 Å². The SMILES string of the molecule is CCOC(=O)CN(Cc1ccc(F)cc1)S(=O)(=O)c1ccc(Br)cc1. The molecule has 0 saturated carbocycles. The highest BCUT2D eigenvalue weighted by molar-refractivity contribution is 9.10. The molecule has 0 saturated heterocycles. The zero-order valence-corrected chi connectivity index (χ0v) is 15.9. The lowest BCUT2D eigenvalue weighted by molar-refractivity contribution is -0.143. The highest BCUT2D eigenvalue weighted by Crippen LogP contribution is 2.21. The van der Waals surface area contributed by atoms with Crippen LogP contribution in [0.1, 0.15) is 12.5 Å². The maximum Gasteiger partial charge on any atom is 0.321 e. The molecule has 0 atom stereocenters. The second-order valence-electron chi connectivity index (χ2n) is 5.16. The standard InChI is InChI=1S/C17H17BrFNO4S/c1-2-24-17(21)12-20(11-13-3-7-15(19)8-4-13)25(22,23)16-9-5-14(18)6-10-16/h3-10H,2,11-12H2,1H3. The normalized spacial score (nSPS) is 11.5. The molecular weight excluding hydrogens is 413 g/mol. The summed E-state index contributed by atoms with van der Waals surface area (Å²) in [6, 6.07) is 11.5. The summed E-state index contributed by atoms with van der Waals surface area (Å²) in [5.41, 5.74) is 0.561. The minimum Gasteiger partial charge on any atom is -0.465 e. The first kappa shape index (κ1) is 19.6. The smallest absolute Gasteiger partial charge is 0.321 e. The predicted molar refractivity (Wildman–Crippen MR) is 94.8 cm³/mol. The molecule has 0 spiro atoms. The highest BCUT2D eigenvalue weighted by atomic mass is 79.9. The fourth-order valence-electron chi connectivity index (χ4n) is 2.13. The van der Waals surface area contributed by atoms with Crippen LogP contribution in [0.4, 0.5) is 4.39 Å². The molecule has 0 unspecified atom stereocenters. The van der Waals surface area contributed by atoms with Crippen molar-refractivity contribution < 1.29 is 22.3 Å². The molecule has 0 aliphatic rings. The van der Waals surface area contributed by atoms with E-state index >= 15 is 0 Å². The lowest BCUT2D eigenvalue weighted by Gasteiger charge is -2.21. The van der Waals surface area contributed by atoms with Crippen LogP contribution in [-0.4, -0.2) is 31.8 Å². The third kappa shape index (κ3) is 5.35. The van der Waals surface area contributed by atoms with Gasteiger partial charge in [-0.2, -0.15) is 4.31 Å². The van der Waals surface area contributed by atoms with Crippen LogP contribution in [-0.2, 0) is 26.1 Å². The molecule has 134 valence electrons. The van der Waals surface area contributed by atoms with Gasteiger partial charge in [-0.05, 0) is 48.9 Å². The number of esters is 1. The number of sulfonamides is 1. The molecule has 0 radical (unpaired) electrons. The summed E-state index contributed by atoms with van der Waals surface area (Å²) in [5.74, 6) is -1.07. The Morgan fingerprint density at radius 1 is 1.12 bits per heavy atom. The summed E-state index contributed by atoms with van der Waals surface area (Å²) in [6.07, 6.45) is 0. The van der Waals surface area contributed by atoms with Gasteiger partial charge in [-0.3, -0.25) is 4.79 Å². The number of carbonyl (C=O) groups excluding carboxylic acids is 1. The molecule has 25 heavy (non-hydrogen) atoms. The first-order valence-electron chi connectivity index (χ1n) is 7.48. The largest absolute Gasteiger partial charge is 0.465 e. The van der Waals surface area contributed by atoms with Gasteiger partial charge >= 0.3 is 5.97 Å². The maximum absolute atomic E-state index is 13.1. The molecule has 0 heterocycles. The average Bonchev–Trinajstić information content (AvgIpc) is 2.57. The quantitative estimate of drug-likeness (QED) is 0.633. The number of hydrogen-bond acceptors (Lipinski definition) is 4. The minimum atomic E-state index is -3.92. The predicted octanol–water partition coefficient (Wildman–Crippen LogP) is 3.34. The first-order chi connectivity index (χ1) is 11.8. The summed E-state index contributed by atoms with van der Waals surface area (Å²) in [5, 5.41) is 0. The van der Waals surface area contributed by atoms with Crippen molar-refractivity contribution in [1.82, 2.24) is 4.31 Å². The second-order valence-corrected chi connectivity index (χ2v) is 8.01. The van der Waals surface area contributed by atoms with Gasteiger partial charge in [0, 0.05) is 11.0 Å². The van der Waals surface area contributed by atoms with E-state index < -0.39 is 28.4 Å².